The van der Waals surface area contributed by atoms with Gasteiger partial charge in [-0.05, 0) is 24.3 Å². The average Bonchev–Trinajstić information content (AvgIpc) is 2.92. The zero-order valence-electron chi connectivity index (χ0n) is 18.5. The first kappa shape index (κ1) is 21.1. The van der Waals surface area contributed by atoms with E-state index in [2.05, 4.69) is 4.98 Å². The molecule has 2 heterocycles. The van der Waals surface area contributed by atoms with Crippen LogP contribution in [0.1, 0.15) is 0 Å². The number of benzene rings is 4. The third kappa shape index (κ3) is 3.64. The van der Waals surface area contributed by atoms with Gasteiger partial charge in [0.05, 0.1) is 26.7 Å². The molecule has 168 valence electrons. The summed E-state index contributed by atoms with van der Waals surface area (Å²) in [7, 11) is -3.90. The van der Waals surface area contributed by atoms with Crippen LogP contribution in [0.3, 0.4) is 0 Å². The number of rotatable bonds is 4. The Bertz CT molecular complexity index is 1800. The van der Waals surface area contributed by atoms with Crippen LogP contribution in [-0.2, 0) is 9.84 Å². The smallest absolute Gasteiger partial charge is 0.209 e. The number of para-hydroxylation sites is 1. The van der Waals surface area contributed by atoms with Gasteiger partial charge in [0.1, 0.15) is 5.52 Å². The Morgan fingerprint density at radius 2 is 1.20 bits per heavy atom. The van der Waals surface area contributed by atoms with Crippen molar-refractivity contribution in [3.05, 3.63) is 116 Å². The molecule has 5 nitrogen and oxygen atoms in total. The number of pyridine rings is 1. The number of aromatic nitrogens is 3. The molecule has 0 amide bonds. The largest absolute Gasteiger partial charge is 0.264 e. The van der Waals surface area contributed by atoms with Crippen LogP contribution in [-0.4, -0.2) is 23.4 Å². The number of hydrogen-bond donors (Lipinski definition) is 0. The van der Waals surface area contributed by atoms with Gasteiger partial charge in [-0.3, -0.25) is 4.98 Å². The molecule has 0 radical (unpaired) electrons. The van der Waals surface area contributed by atoms with Crippen molar-refractivity contribution in [2.24, 2.45) is 0 Å². The fraction of sp³-hybridized carbons (Fsp3) is 0. The zero-order valence-corrected chi connectivity index (χ0v) is 19.4. The van der Waals surface area contributed by atoms with Gasteiger partial charge in [-0.15, -0.1) is 0 Å². The number of sulfone groups is 1. The molecule has 0 unspecified atom stereocenters. The van der Waals surface area contributed by atoms with Gasteiger partial charge < -0.3 is 0 Å². The van der Waals surface area contributed by atoms with Gasteiger partial charge in [0.2, 0.25) is 9.84 Å². The monoisotopic (exact) mass is 473 g/mol. The first-order chi connectivity index (χ1) is 17.1. The van der Waals surface area contributed by atoms with Crippen LogP contribution in [0.5, 0.6) is 0 Å². The molecule has 0 aliphatic carbocycles. The molecule has 0 bridgehead atoms. The highest BCUT2D eigenvalue weighted by atomic mass is 32.2. The predicted molar refractivity (Wildman–Crippen MR) is 138 cm³/mol. The second-order valence-electron chi connectivity index (χ2n) is 8.13. The first-order valence-corrected chi connectivity index (χ1v) is 12.6. The van der Waals surface area contributed by atoms with Crippen LogP contribution >= 0.6 is 0 Å². The fourth-order valence-corrected chi connectivity index (χ4v) is 5.94. The maximum Gasteiger partial charge on any atom is 0.209 e. The van der Waals surface area contributed by atoms with Crippen molar-refractivity contribution in [1.29, 1.82) is 0 Å². The zero-order chi connectivity index (χ0) is 23.8. The second-order valence-corrected chi connectivity index (χ2v) is 10.0. The lowest BCUT2D eigenvalue weighted by molar-refractivity contribution is 0.597. The maximum atomic E-state index is 14.0. The number of fused-ring (bicyclic) bond motifs is 2. The van der Waals surface area contributed by atoms with Crippen molar-refractivity contribution in [3.8, 4) is 22.5 Å². The molecule has 0 saturated carbocycles. The lowest BCUT2D eigenvalue weighted by Gasteiger charge is -2.14. The van der Waals surface area contributed by atoms with Crippen LogP contribution in [0.15, 0.2) is 125 Å². The minimum Gasteiger partial charge on any atom is -0.264 e. The van der Waals surface area contributed by atoms with Gasteiger partial charge in [-0.25, -0.2) is 18.4 Å². The Kier molecular flexibility index (Phi) is 5.08. The van der Waals surface area contributed by atoms with Crippen LogP contribution < -0.4 is 0 Å². The Morgan fingerprint density at radius 1 is 0.571 bits per heavy atom. The van der Waals surface area contributed by atoms with Crippen LogP contribution in [0.25, 0.3) is 44.3 Å². The van der Waals surface area contributed by atoms with Gasteiger partial charge in [0, 0.05) is 34.3 Å². The topological polar surface area (TPSA) is 72.8 Å². The molecule has 0 fully saturated rings. The van der Waals surface area contributed by atoms with E-state index in [0.29, 0.717) is 27.8 Å². The summed E-state index contributed by atoms with van der Waals surface area (Å²) in [4.78, 5) is 14.3. The summed E-state index contributed by atoms with van der Waals surface area (Å²) in [6, 6.07) is 31.6. The summed E-state index contributed by atoms with van der Waals surface area (Å²) in [5.74, 6) is 0. The molecule has 0 saturated heterocycles. The van der Waals surface area contributed by atoms with E-state index in [4.69, 9.17) is 9.97 Å². The SMILES string of the molecule is O=S(=O)(c1cccc2cnccc12)c1cccc2nc(-c3ccccc3)c(-c3ccccc3)nc12. The van der Waals surface area contributed by atoms with Crippen molar-refractivity contribution < 1.29 is 8.42 Å². The quantitative estimate of drug-likeness (QED) is 0.298. The molecule has 0 atom stereocenters. The van der Waals surface area contributed by atoms with Crippen molar-refractivity contribution in [1.82, 2.24) is 15.0 Å². The average molecular weight is 474 g/mol. The lowest BCUT2D eigenvalue weighted by atomic mass is 10.0. The van der Waals surface area contributed by atoms with E-state index < -0.39 is 9.84 Å². The highest BCUT2D eigenvalue weighted by molar-refractivity contribution is 7.92. The Balaban J connectivity index is 1.65. The van der Waals surface area contributed by atoms with Crippen LogP contribution in [0.2, 0.25) is 0 Å². The molecule has 6 heteroatoms. The molecular formula is C29H19N3O2S. The van der Waals surface area contributed by atoms with Gasteiger partial charge >= 0.3 is 0 Å². The minimum absolute atomic E-state index is 0.128. The lowest BCUT2D eigenvalue weighted by Crippen LogP contribution is -2.06. The highest BCUT2D eigenvalue weighted by Gasteiger charge is 2.25. The van der Waals surface area contributed by atoms with Crippen molar-refractivity contribution in [3.63, 3.8) is 0 Å². The van der Waals surface area contributed by atoms with E-state index in [1.165, 1.54) is 0 Å². The minimum atomic E-state index is -3.90. The van der Waals surface area contributed by atoms with E-state index in [1.807, 2.05) is 66.7 Å². The normalized spacial score (nSPS) is 11.7. The molecule has 0 N–H and O–H groups in total. The predicted octanol–water partition coefficient (Wildman–Crippen LogP) is 6.34. The van der Waals surface area contributed by atoms with E-state index in [9.17, 15) is 8.42 Å². The van der Waals surface area contributed by atoms with E-state index in [0.717, 1.165) is 16.5 Å². The summed E-state index contributed by atoms with van der Waals surface area (Å²) in [5.41, 5.74) is 3.98. The van der Waals surface area contributed by atoms with Crippen molar-refractivity contribution in [2.75, 3.05) is 0 Å². The number of hydrogen-bond acceptors (Lipinski definition) is 5. The summed E-state index contributed by atoms with van der Waals surface area (Å²) >= 11 is 0. The van der Waals surface area contributed by atoms with Gasteiger partial charge in [0.25, 0.3) is 0 Å². The summed E-state index contributed by atoms with van der Waals surface area (Å²) in [5, 5.41) is 1.38. The van der Waals surface area contributed by atoms with Crippen LogP contribution in [0, 0.1) is 0 Å². The molecule has 0 aliphatic heterocycles. The Hall–Kier alpha value is -4.42. The molecule has 0 spiro atoms. The third-order valence-electron chi connectivity index (χ3n) is 5.97. The maximum absolute atomic E-state index is 14.0. The van der Waals surface area contributed by atoms with Gasteiger partial charge in [-0.1, -0.05) is 78.9 Å². The second kappa shape index (κ2) is 8.42. The highest BCUT2D eigenvalue weighted by Crippen LogP contribution is 2.35. The third-order valence-corrected chi connectivity index (χ3v) is 7.82. The molecule has 0 aliphatic rings. The van der Waals surface area contributed by atoms with Gasteiger partial charge in [-0.2, -0.15) is 0 Å². The van der Waals surface area contributed by atoms with Crippen molar-refractivity contribution >= 4 is 31.6 Å². The van der Waals surface area contributed by atoms with Gasteiger partial charge in [0.15, 0.2) is 0 Å². The summed E-state index contributed by atoms with van der Waals surface area (Å²) in [6.07, 6.45) is 3.26. The number of nitrogens with zero attached hydrogens (tertiary/aromatic N) is 3. The van der Waals surface area contributed by atoms with E-state index in [1.54, 1.807) is 48.8 Å². The van der Waals surface area contributed by atoms with Crippen molar-refractivity contribution in [2.45, 2.75) is 9.79 Å². The Morgan fingerprint density at radius 3 is 1.91 bits per heavy atom. The molecule has 6 rings (SSSR count). The molecule has 4 aromatic carbocycles. The van der Waals surface area contributed by atoms with Crippen LogP contribution in [0.4, 0.5) is 0 Å². The van der Waals surface area contributed by atoms with E-state index in [-0.39, 0.29) is 9.79 Å². The van der Waals surface area contributed by atoms with E-state index >= 15 is 0 Å². The molecule has 35 heavy (non-hydrogen) atoms. The molecular weight excluding hydrogens is 454 g/mol. The standard InChI is InChI=1S/C29H19N3O2S/c33-35(34,25-15-7-13-22-19-30-18-17-23(22)25)26-16-8-14-24-29(26)32-28(21-11-5-2-6-12-21)27(31-24)20-9-3-1-4-10-20/h1-19H. The Labute approximate surface area is 202 Å². The first-order valence-electron chi connectivity index (χ1n) is 11.1. The summed E-state index contributed by atoms with van der Waals surface area (Å²) < 4.78 is 28.0. The molecule has 6 aromatic rings. The summed E-state index contributed by atoms with van der Waals surface area (Å²) in [6.45, 7) is 0. The fourth-order valence-electron chi connectivity index (χ4n) is 4.31. The molecule has 2 aromatic heterocycles.